The first-order valence-corrected chi connectivity index (χ1v) is 5.76. The van der Waals surface area contributed by atoms with Gasteiger partial charge in [0.05, 0.1) is 0 Å². The third-order valence-electron chi connectivity index (χ3n) is 2.65. The molecule has 4 N–H and O–H groups in total. The molecule has 0 spiro atoms. The predicted molar refractivity (Wildman–Crippen MR) is 68.0 cm³/mol. The van der Waals surface area contributed by atoms with Gasteiger partial charge in [-0.1, -0.05) is 6.07 Å². The molecule has 2 atom stereocenters. The average molecular weight is 236 g/mol. The molecule has 17 heavy (non-hydrogen) atoms. The lowest BCUT2D eigenvalue weighted by molar-refractivity contribution is 0.0936. The number of hydrogen-bond acceptors (Lipinski definition) is 3. The Balaban J connectivity index is 2.73. The zero-order valence-corrected chi connectivity index (χ0v) is 10.5. The van der Waals surface area contributed by atoms with E-state index >= 15 is 0 Å². The van der Waals surface area contributed by atoms with Crippen molar-refractivity contribution in [2.24, 2.45) is 5.73 Å². The number of carbonyl (C=O) groups excluding carboxylic acids is 1. The average Bonchev–Trinajstić information content (AvgIpc) is 2.20. The maximum Gasteiger partial charge on any atom is 0.251 e. The third-order valence-corrected chi connectivity index (χ3v) is 2.65. The molecule has 0 aliphatic heterocycles. The van der Waals surface area contributed by atoms with Gasteiger partial charge >= 0.3 is 0 Å². The number of phenolic OH excluding ortho intramolecular Hbond substituents is 1. The highest BCUT2D eigenvalue weighted by Gasteiger charge is 2.14. The number of hydrogen-bond donors (Lipinski definition) is 3. The summed E-state index contributed by atoms with van der Waals surface area (Å²) in [6, 6.07) is 4.99. The van der Waals surface area contributed by atoms with Gasteiger partial charge in [0.2, 0.25) is 0 Å². The summed E-state index contributed by atoms with van der Waals surface area (Å²) >= 11 is 0. The van der Waals surface area contributed by atoms with E-state index in [0.717, 1.165) is 6.42 Å². The molecule has 0 aromatic heterocycles. The number of benzene rings is 1. The first-order valence-electron chi connectivity index (χ1n) is 5.76. The molecule has 0 bridgehead atoms. The lowest BCUT2D eigenvalue weighted by Crippen LogP contribution is -2.36. The Bertz CT molecular complexity index is 402. The number of phenols is 1. The van der Waals surface area contributed by atoms with Crippen LogP contribution in [0.2, 0.25) is 0 Å². The van der Waals surface area contributed by atoms with Crippen LogP contribution in [0.4, 0.5) is 0 Å². The minimum atomic E-state index is -0.174. The maximum absolute atomic E-state index is 11.9. The van der Waals surface area contributed by atoms with Crippen molar-refractivity contribution in [2.75, 3.05) is 0 Å². The second-order valence-corrected chi connectivity index (χ2v) is 4.54. The molecule has 1 aromatic carbocycles. The predicted octanol–water partition coefficient (Wildman–Crippen LogP) is 1.56. The summed E-state index contributed by atoms with van der Waals surface area (Å²) in [4.78, 5) is 11.9. The second-order valence-electron chi connectivity index (χ2n) is 4.54. The first-order chi connectivity index (χ1) is 7.91. The topological polar surface area (TPSA) is 75.3 Å². The molecular formula is C13H20N2O2. The minimum Gasteiger partial charge on any atom is -0.508 e. The fourth-order valence-electron chi connectivity index (χ4n) is 1.79. The van der Waals surface area contributed by atoms with Crippen LogP contribution in [-0.2, 0) is 0 Å². The zero-order chi connectivity index (χ0) is 13.0. The number of nitrogens with one attached hydrogen (secondary N) is 1. The summed E-state index contributed by atoms with van der Waals surface area (Å²) in [6.45, 7) is 5.54. The zero-order valence-electron chi connectivity index (χ0n) is 10.5. The van der Waals surface area contributed by atoms with Crippen molar-refractivity contribution >= 4 is 5.91 Å². The summed E-state index contributed by atoms with van der Waals surface area (Å²) in [5.41, 5.74) is 6.77. The van der Waals surface area contributed by atoms with E-state index in [1.807, 2.05) is 13.8 Å². The fourth-order valence-corrected chi connectivity index (χ4v) is 1.79. The van der Waals surface area contributed by atoms with E-state index < -0.39 is 0 Å². The third kappa shape index (κ3) is 3.75. The van der Waals surface area contributed by atoms with Crippen molar-refractivity contribution in [3.05, 3.63) is 29.3 Å². The SMILES string of the molecule is Cc1c(O)cccc1C(=O)NC(C)CC(C)N. The Morgan fingerprint density at radius 1 is 1.47 bits per heavy atom. The molecule has 4 heteroatoms. The van der Waals surface area contributed by atoms with Crippen molar-refractivity contribution in [3.8, 4) is 5.75 Å². The smallest absolute Gasteiger partial charge is 0.251 e. The monoisotopic (exact) mass is 236 g/mol. The van der Waals surface area contributed by atoms with E-state index in [1.165, 1.54) is 0 Å². The fraction of sp³-hybridized carbons (Fsp3) is 0.462. The molecule has 2 unspecified atom stereocenters. The van der Waals surface area contributed by atoms with Gasteiger partial charge < -0.3 is 16.2 Å². The van der Waals surface area contributed by atoms with E-state index in [0.29, 0.717) is 11.1 Å². The van der Waals surface area contributed by atoms with Crippen LogP contribution in [-0.4, -0.2) is 23.1 Å². The van der Waals surface area contributed by atoms with Gasteiger partial charge in [-0.05, 0) is 39.3 Å². The van der Waals surface area contributed by atoms with Gasteiger partial charge in [0, 0.05) is 23.2 Å². The van der Waals surface area contributed by atoms with E-state index in [2.05, 4.69) is 5.32 Å². The molecule has 0 fully saturated rings. The van der Waals surface area contributed by atoms with Crippen LogP contribution in [0.3, 0.4) is 0 Å². The van der Waals surface area contributed by atoms with E-state index in [1.54, 1.807) is 25.1 Å². The summed E-state index contributed by atoms with van der Waals surface area (Å²) in [5.74, 6) is -0.0379. The quantitative estimate of drug-likeness (QED) is 0.742. The van der Waals surface area contributed by atoms with Crippen LogP contribution < -0.4 is 11.1 Å². The Kier molecular flexibility index (Phi) is 4.52. The molecule has 94 valence electrons. The van der Waals surface area contributed by atoms with Crippen molar-refractivity contribution in [3.63, 3.8) is 0 Å². The van der Waals surface area contributed by atoms with Crippen molar-refractivity contribution < 1.29 is 9.90 Å². The number of aromatic hydroxyl groups is 1. The lowest BCUT2D eigenvalue weighted by atomic mass is 10.1. The van der Waals surface area contributed by atoms with Crippen LogP contribution in [0, 0.1) is 6.92 Å². The van der Waals surface area contributed by atoms with Gasteiger partial charge in [-0.25, -0.2) is 0 Å². The Labute approximate surface area is 102 Å². The standard InChI is InChI=1S/C13H20N2O2/c1-8(14)7-9(2)15-13(17)11-5-4-6-12(16)10(11)3/h4-6,8-9,16H,7,14H2,1-3H3,(H,15,17). The number of amides is 1. The summed E-state index contributed by atoms with van der Waals surface area (Å²) in [6.07, 6.45) is 0.726. The molecule has 1 aromatic rings. The summed E-state index contributed by atoms with van der Waals surface area (Å²) in [7, 11) is 0. The van der Waals surface area contributed by atoms with Crippen LogP contribution in [0.15, 0.2) is 18.2 Å². The Morgan fingerprint density at radius 3 is 2.71 bits per heavy atom. The van der Waals surface area contributed by atoms with Crippen LogP contribution in [0.5, 0.6) is 5.75 Å². The van der Waals surface area contributed by atoms with Crippen molar-refractivity contribution in [1.29, 1.82) is 0 Å². The molecule has 0 heterocycles. The van der Waals surface area contributed by atoms with E-state index in [4.69, 9.17) is 5.73 Å². The van der Waals surface area contributed by atoms with E-state index in [-0.39, 0.29) is 23.7 Å². The van der Waals surface area contributed by atoms with Crippen LogP contribution in [0.1, 0.15) is 36.2 Å². The highest BCUT2D eigenvalue weighted by molar-refractivity contribution is 5.96. The van der Waals surface area contributed by atoms with Crippen LogP contribution in [0.25, 0.3) is 0 Å². The van der Waals surface area contributed by atoms with Crippen LogP contribution >= 0.6 is 0 Å². The van der Waals surface area contributed by atoms with Gasteiger partial charge in [-0.3, -0.25) is 4.79 Å². The minimum absolute atomic E-state index is 0.0178. The Hall–Kier alpha value is -1.55. The van der Waals surface area contributed by atoms with Crippen molar-refractivity contribution in [1.82, 2.24) is 5.32 Å². The normalized spacial score (nSPS) is 14.1. The van der Waals surface area contributed by atoms with Gasteiger partial charge in [0.15, 0.2) is 0 Å². The lowest BCUT2D eigenvalue weighted by Gasteiger charge is -2.16. The number of carbonyl (C=O) groups is 1. The largest absolute Gasteiger partial charge is 0.508 e. The highest BCUT2D eigenvalue weighted by Crippen LogP contribution is 2.19. The second kappa shape index (κ2) is 5.68. The summed E-state index contributed by atoms with van der Waals surface area (Å²) in [5, 5.41) is 12.4. The van der Waals surface area contributed by atoms with E-state index in [9.17, 15) is 9.90 Å². The van der Waals surface area contributed by atoms with Gasteiger partial charge in [0.1, 0.15) is 5.75 Å². The highest BCUT2D eigenvalue weighted by atomic mass is 16.3. The molecule has 1 amide bonds. The maximum atomic E-state index is 11.9. The molecule has 0 saturated carbocycles. The summed E-state index contributed by atoms with van der Waals surface area (Å²) < 4.78 is 0. The van der Waals surface area contributed by atoms with Crippen molar-refractivity contribution in [2.45, 2.75) is 39.3 Å². The molecule has 4 nitrogen and oxygen atoms in total. The van der Waals surface area contributed by atoms with Gasteiger partial charge in [-0.2, -0.15) is 0 Å². The number of rotatable bonds is 4. The number of nitrogens with two attached hydrogens (primary N) is 1. The Morgan fingerprint density at radius 2 is 2.12 bits per heavy atom. The molecule has 0 aliphatic carbocycles. The van der Waals surface area contributed by atoms with Gasteiger partial charge in [-0.15, -0.1) is 0 Å². The molecule has 0 radical (unpaired) electrons. The molecular weight excluding hydrogens is 216 g/mol. The molecule has 1 rings (SSSR count). The molecule has 0 aliphatic rings. The molecule has 0 saturated heterocycles. The van der Waals surface area contributed by atoms with Gasteiger partial charge in [0.25, 0.3) is 5.91 Å². The first kappa shape index (κ1) is 13.5.